The summed E-state index contributed by atoms with van der Waals surface area (Å²) in [6.07, 6.45) is 2.66. The maximum Gasteiger partial charge on any atom is 0.419 e. The number of amides is 1. The maximum absolute atomic E-state index is 13.0. The lowest BCUT2D eigenvalue weighted by atomic mass is 10.1. The Labute approximate surface area is 158 Å². The summed E-state index contributed by atoms with van der Waals surface area (Å²) < 4.78 is 6.82. The highest BCUT2D eigenvalue weighted by Gasteiger charge is 2.34. The molecular weight excluding hydrogens is 340 g/mol. The number of carbonyl (C=O) groups is 1. The van der Waals surface area contributed by atoms with Crippen LogP contribution in [0.4, 0.5) is 0 Å². The largest absolute Gasteiger partial charge is 0.419 e. The number of rotatable bonds is 7. The van der Waals surface area contributed by atoms with Crippen LogP contribution in [0.3, 0.4) is 0 Å². The topological polar surface area (TPSA) is 55.5 Å². The Morgan fingerprint density at radius 1 is 1.15 bits per heavy atom. The summed E-state index contributed by atoms with van der Waals surface area (Å²) in [6, 6.07) is 17.6. The molecule has 1 heterocycles. The number of aromatic nitrogens is 1. The first-order valence-corrected chi connectivity index (χ1v) is 9.55. The number of nitrogens with zero attached hydrogens (tertiary/aromatic N) is 2. The Hall–Kier alpha value is -2.82. The van der Waals surface area contributed by atoms with E-state index in [1.165, 1.54) is 12.8 Å². The van der Waals surface area contributed by atoms with Crippen LogP contribution in [0.2, 0.25) is 0 Å². The summed E-state index contributed by atoms with van der Waals surface area (Å²) in [4.78, 5) is 27.2. The van der Waals surface area contributed by atoms with Crippen molar-refractivity contribution in [1.29, 1.82) is 0 Å². The molecule has 0 radical (unpaired) electrons. The molecule has 1 saturated carbocycles. The average molecular weight is 364 g/mol. The van der Waals surface area contributed by atoms with E-state index < -0.39 is 5.76 Å². The van der Waals surface area contributed by atoms with Gasteiger partial charge in [-0.25, -0.2) is 4.79 Å². The van der Waals surface area contributed by atoms with Gasteiger partial charge in [-0.05, 0) is 43.4 Å². The first kappa shape index (κ1) is 17.6. The van der Waals surface area contributed by atoms with Crippen LogP contribution in [0.25, 0.3) is 11.1 Å². The molecule has 1 fully saturated rings. The number of oxazole rings is 1. The highest BCUT2D eigenvalue weighted by molar-refractivity contribution is 5.77. The van der Waals surface area contributed by atoms with E-state index in [0.717, 1.165) is 11.1 Å². The van der Waals surface area contributed by atoms with Gasteiger partial charge in [0.25, 0.3) is 0 Å². The highest BCUT2D eigenvalue weighted by atomic mass is 16.4. The van der Waals surface area contributed by atoms with Crippen LogP contribution in [-0.2, 0) is 17.9 Å². The van der Waals surface area contributed by atoms with Crippen LogP contribution in [0.5, 0.6) is 0 Å². The van der Waals surface area contributed by atoms with Crippen molar-refractivity contribution in [2.24, 2.45) is 5.92 Å². The first-order valence-electron chi connectivity index (χ1n) is 9.55. The predicted octanol–water partition coefficient (Wildman–Crippen LogP) is 3.81. The second kappa shape index (κ2) is 7.43. The Morgan fingerprint density at radius 2 is 1.85 bits per heavy atom. The quantitative estimate of drug-likeness (QED) is 0.640. The zero-order valence-corrected chi connectivity index (χ0v) is 15.5. The third-order valence-electron chi connectivity index (χ3n) is 5.43. The van der Waals surface area contributed by atoms with E-state index in [4.69, 9.17) is 4.42 Å². The molecule has 1 amide bonds. The van der Waals surface area contributed by atoms with Gasteiger partial charge in [-0.15, -0.1) is 0 Å². The zero-order valence-electron chi connectivity index (χ0n) is 15.5. The SMILES string of the molecule is CC(C1CC1)N(Cc1ccccc1)C(=O)CCn1c(=O)oc2ccccc21. The number of benzene rings is 2. The van der Waals surface area contributed by atoms with Gasteiger partial charge in [-0.1, -0.05) is 42.5 Å². The van der Waals surface area contributed by atoms with Crippen molar-refractivity contribution in [1.82, 2.24) is 9.47 Å². The van der Waals surface area contributed by atoms with Gasteiger partial charge in [0.2, 0.25) is 5.91 Å². The normalized spacial score (nSPS) is 15.0. The molecule has 1 aromatic heterocycles. The number of aryl methyl sites for hydroxylation is 1. The van der Waals surface area contributed by atoms with E-state index in [1.54, 1.807) is 10.6 Å². The van der Waals surface area contributed by atoms with Crippen molar-refractivity contribution in [3.8, 4) is 0 Å². The molecule has 5 nitrogen and oxygen atoms in total. The lowest BCUT2D eigenvalue weighted by molar-refractivity contribution is -0.134. The fourth-order valence-electron chi connectivity index (χ4n) is 3.65. The Morgan fingerprint density at radius 3 is 2.59 bits per heavy atom. The van der Waals surface area contributed by atoms with Gasteiger partial charge >= 0.3 is 5.76 Å². The molecule has 140 valence electrons. The van der Waals surface area contributed by atoms with Crippen molar-refractivity contribution in [2.45, 2.75) is 45.3 Å². The van der Waals surface area contributed by atoms with Crippen LogP contribution in [0.15, 0.2) is 63.8 Å². The van der Waals surface area contributed by atoms with Gasteiger partial charge in [-0.3, -0.25) is 9.36 Å². The van der Waals surface area contributed by atoms with E-state index >= 15 is 0 Å². The average Bonchev–Trinajstić information content (AvgIpc) is 3.48. The summed E-state index contributed by atoms with van der Waals surface area (Å²) in [5.41, 5.74) is 2.42. The molecule has 1 aliphatic carbocycles. The van der Waals surface area contributed by atoms with E-state index in [0.29, 0.717) is 24.6 Å². The molecule has 2 aromatic carbocycles. The van der Waals surface area contributed by atoms with Crippen molar-refractivity contribution in [3.05, 3.63) is 70.7 Å². The molecule has 0 N–H and O–H groups in total. The molecule has 0 spiro atoms. The fraction of sp³-hybridized carbons (Fsp3) is 0.364. The van der Waals surface area contributed by atoms with Crippen LogP contribution < -0.4 is 5.76 Å². The number of hydrogen-bond donors (Lipinski definition) is 0. The van der Waals surface area contributed by atoms with Gasteiger partial charge in [0.1, 0.15) is 0 Å². The van der Waals surface area contributed by atoms with Crippen molar-refractivity contribution >= 4 is 17.0 Å². The summed E-state index contributed by atoms with van der Waals surface area (Å²) in [7, 11) is 0. The molecule has 1 aliphatic rings. The van der Waals surface area contributed by atoms with Crippen molar-refractivity contribution in [3.63, 3.8) is 0 Å². The minimum atomic E-state index is -0.408. The van der Waals surface area contributed by atoms with Gasteiger partial charge in [0.15, 0.2) is 5.58 Å². The first-order chi connectivity index (χ1) is 13.1. The van der Waals surface area contributed by atoms with E-state index in [9.17, 15) is 9.59 Å². The second-order valence-corrected chi connectivity index (χ2v) is 7.32. The van der Waals surface area contributed by atoms with E-state index in [-0.39, 0.29) is 18.4 Å². The molecule has 3 aromatic rings. The van der Waals surface area contributed by atoms with Gasteiger partial charge < -0.3 is 9.32 Å². The lowest BCUT2D eigenvalue weighted by Crippen LogP contribution is -2.40. The molecule has 0 bridgehead atoms. The second-order valence-electron chi connectivity index (χ2n) is 7.32. The van der Waals surface area contributed by atoms with E-state index in [1.807, 2.05) is 53.4 Å². The lowest BCUT2D eigenvalue weighted by Gasteiger charge is -2.30. The highest BCUT2D eigenvalue weighted by Crippen LogP contribution is 2.36. The van der Waals surface area contributed by atoms with Crippen LogP contribution in [0, 0.1) is 5.92 Å². The number of hydrogen-bond acceptors (Lipinski definition) is 3. The molecule has 0 saturated heterocycles. The maximum atomic E-state index is 13.0. The van der Waals surface area contributed by atoms with Crippen LogP contribution in [-0.4, -0.2) is 21.4 Å². The predicted molar refractivity (Wildman–Crippen MR) is 104 cm³/mol. The van der Waals surface area contributed by atoms with Gasteiger partial charge in [-0.2, -0.15) is 0 Å². The Balaban J connectivity index is 1.51. The Kier molecular flexibility index (Phi) is 4.84. The van der Waals surface area contributed by atoms with Gasteiger partial charge in [0.05, 0.1) is 5.52 Å². The minimum absolute atomic E-state index is 0.0791. The van der Waals surface area contributed by atoms with Crippen molar-refractivity contribution in [2.75, 3.05) is 0 Å². The molecule has 1 unspecified atom stereocenters. The number of fused-ring (bicyclic) bond motifs is 1. The molecule has 5 heteroatoms. The third kappa shape index (κ3) is 3.82. The van der Waals surface area contributed by atoms with E-state index in [2.05, 4.69) is 6.92 Å². The summed E-state index contributed by atoms with van der Waals surface area (Å²) in [6.45, 7) is 3.08. The third-order valence-corrected chi connectivity index (χ3v) is 5.43. The standard InChI is InChI=1S/C22H24N2O3/c1-16(18-11-12-18)24(15-17-7-3-2-4-8-17)21(25)13-14-23-19-9-5-6-10-20(19)27-22(23)26/h2-10,16,18H,11-15H2,1H3. The zero-order chi connectivity index (χ0) is 18.8. The smallest absolute Gasteiger partial charge is 0.408 e. The van der Waals surface area contributed by atoms with Crippen LogP contribution >= 0.6 is 0 Å². The fourth-order valence-corrected chi connectivity index (χ4v) is 3.65. The molecular formula is C22H24N2O3. The summed E-state index contributed by atoms with van der Waals surface area (Å²) >= 11 is 0. The number of carbonyl (C=O) groups excluding carboxylic acids is 1. The summed E-state index contributed by atoms with van der Waals surface area (Å²) in [5.74, 6) is 0.263. The molecule has 4 rings (SSSR count). The number of para-hydroxylation sites is 2. The molecule has 0 aliphatic heterocycles. The van der Waals surface area contributed by atoms with Crippen LogP contribution in [0.1, 0.15) is 31.7 Å². The van der Waals surface area contributed by atoms with Crippen molar-refractivity contribution < 1.29 is 9.21 Å². The van der Waals surface area contributed by atoms with Gasteiger partial charge in [0, 0.05) is 25.6 Å². The summed E-state index contributed by atoms with van der Waals surface area (Å²) in [5, 5.41) is 0. The molecule has 27 heavy (non-hydrogen) atoms. The Bertz CT molecular complexity index is 985. The molecule has 1 atom stereocenters. The minimum Gasteiger partial charge on any atom is -0.408 e. The monoisotopic (exact) mass is 364 g/mol.